The van der Waals surface area contributed by atoms with Crippen molar-refractivity contribution in [1.29, 1.82) is 0 Å². The van der Waals surface area contributed by atoms with Crippen molar-refractivity contribution in [3.63, 3.8) is 0 Å². The molecule has 0 fully saturated rings. The molecule has 0 aliphatic rings. The maximum Gasteiger partial charge on any atom is 0.357 e. The van der Waals surface area contributed by atoms with Crippen molar-refractivity contribution in [2.75, 3.05) is 6.61 Å². The van der Waals surface area contributed by atoms with E-state index in [1.54, 1.807) is 6.92 Å². The summed E-state index contributed by atoms with van der Waals surface area (Å²) in [6.07, 6.45) is -6.28. The second-order valence-electron chi connectivity index (χ2n) is 4.28. The first-order valence-electron chi connectivity index (χ1n) is 6.54. The van der Waals surface area contributed by atoms with Crippen LogP contribution in [0.15, 0.2) is 30.3 Å². The highest BCUT2D eigenvalue weighted by atomic mass is 19.3. The summed E-state index contributed by atoms with van der Waals surface area (Å²) in [5, 5.41) is 3.70. The van der Waals surface area contributed by atoms with Gasteiger partial charge in [0.05, 0.1) is 12.3 Å². The molecule has 0 aliphatic carbocycles. The molecule has 0 amide bonds. The Kier molecular flexibility index (Phi) is 5.20. The van der Waals surface area contributed by atoms with Crippen LogP contribution in [0.3, 0.4) is 0 Å². The lowest BCUT2D eigenvalue weighted by molar-refractivity contribution is -0.0691. The summed E-state index contributed by atoms with van der Waals surface area (Å²) in [5.74, 6) is -2.00. The fraction of sp³-hybridized carbons (Fsp3) is 0.286. The van der Waals surface area contributed by atoms with Gasteiger partial charge in [0.2, 0.25) is 5.88 Å². The van der Waals surface area contributed by atoms with Crippen LogP contribution in [0.2, 0.25) is 0 Å². The summed E-state index contributed by atoms with van der Waals surface area (Å²) < 4.78 is 60.7. The zero-order valence-corrected chi connectivity index (χ0v) is 11.9. The van der Waals surface area contributed by atoms with Crippen molar-refractivity contribution in [3.8, 4) is 11.6 Å². The van der Waals surface area contributed by atoms with E-state index < -0.39 is 30.4 Å². The number of hydrogen-bond acceptors (Lipinski definition) is 4. The van der Waals surface area contributed by atoms with E-state index in [2.05, 4.69) is 9.84 Å². The number of hydrogen-bond donors (Lipinski definition) is 0. The van der Waals surface area contributed by atoms with Gasteiger partial charge in [-0.2, -0.15) is 4.39 Å². The highest BCUT2D eigenvalue weighted by Crippen LogP contribution is 2.21. The molecular formula is C14H12F4N2O3. The number of rotatable bonds is 6. The van der Waals surface area contributed by atoms with Gasteiger partial charge in [0.25, 0.3) is 6.36 Å². The minimum atomic E-state index is -3.37. The van der Waals surface area contributed by atoms with E-state index in [-0.39, 0.29) is 18.0 Å². The van der Waals surface area contributed by atoms with E-state index in [4.69, 9.17) is 4.74 Å². The molecule has 1 atom stereocenters. The number of benzene rings is 1. The van der Waals surface area contributed by atoms with Crippen LogP contribution >= 0.6 is 0 Å². The molecule has 9 heteroatoms. The number of halogens is 4. The predicted octanol–water partition coefficient (Wildman–Crippen LogP) is 3.13. The summed E-state index contributed by atoms with van der Waals surface area (Å²) >= 11 is 0. The molecule has 1 aromatic carbocycles. The average Bonchev–Trinajstić information content (AvgIpc) is 2.91. The highest BCUT2D eigenvalue weighted by molar-refractivity contribution is 5.88. The molecule has 5 nitrogen and oxygen atoms in total. The summed E-state index contributed by atoms with van der Waals surface area (Å²) in [7, 11) is 0. The lowest BCUT2D eigenvalue weighted by Gasteiger charge is -2.07. The molecule has 1 heterocycles. The normalized spacial score (nSPS) is 12.3. The fourth-order valence-electron chi connectivity index (χ4n) is 1.74. The number of esters is 1. The van der Waals surface area contributed by atoms with Crippen LogP contribution in [0.25, 0.3) is 5.69 Å². The van der Waals surface area contributed by atoms with Crippen molar-refractivity contribution in [3.05, 3.63) is 41.8 Å². The Hall–Kier alpha value is -2.58. The number of alkyl halides is 3. The van der Waals surface area contributed by atoms with Crippen LogP contribution in [-0.4, -0.2) is 35.1 Å². The molecule has 0 radical (unpaired) electrons. The zero-order valence-electron chi connectivity index (χ0n) is 11.9. The number of carbonyl (C=O) groups is 1. The third-order valence-electron chi connectivity index (χ3n) is 2.66. The predicted molar refractivity (Wildman–Crippen MR) is 71.0 cm³/mol. The molecule has 1 aromatic heterocycles. The van der Waals surface area contributed by atoms with E-state index in [0.717, 1.165) is 16.8 Å². The van der Waals surface area contributed by atoms with Gasteiger partial charge in [0.15, 0.2) is 5.69 Å². The Labute approximate surface area is 128 Å². The Morgan fingerprint density at radius 1 is 1.30 bits per heavy atom. The van der Waals surface area contributed by atoms with Gasteiger partial charge in [-0.15, -0.1) is 5.10 Å². The third kappa shape index (κ3) is 3.99. The monoisotopic (exact) mass is 332 g/mol. The molecule has 2 rings (SSSR count). The Balaban J connectivity index is 2.42. The van der Waals surface area contributed by atoms with Crippen LogP contribution in [0, 0.1) is 5.82 Å². The van der Waals surface area contributed by atoms with Crippen molar-refractivity contribution >= 4 is 5.97 Å². The van der Waals surface area contributed by atoms with Gasteiger partial charge < -0.3 is 9.47 Å². The lowest BCUT2D eigenvalue weighted by atomic mass is 10.3. The van der Waals surface area contributed by atoms with Crippen LogP contribution in [0.1, 0.15) is 17.4 Å². The molecule has 0 bridgehead atoms. The van der Waals surface area contributed by atoms with E-state index in [1.165, 1.54) is 18.2 Å². The topological polar surface area (TPSA) is 53.4 Å². The molecule has 23 heavy (non-hydrogen) atoms. The van der Waals surface area contributed by atoms with Gasteiger partial charge >= 0.3 is 12.4 Å². The number of aromatic nitrogens is 2. The number of carbonyl (C=O) groups excluding carboxylic acids is 1. The van der Waals surface area contributed by atoms with Crippen LogP contribution in [0.5, 0.6) is 5.88 Å². The Bertz CT molecular complexity index is 690. The van der Waals surface area contributed by atoms with E-state index in [0.29, 0.717) is 0 Å². The second-order valence-corrected chi connectivity index (χ2v) is 4.28. The van der Waals surface area contributed by atoms with E-state index >= 15 is 0 Å². The van der Waals surface area contributed by atoms with Gasteiger partial charge in [0.1, 0.15) is 5.82 Å². The zero-order chi connectivity index (χ0) is 17.0. The maximum absolute atomic E-state index is 13.3. The van der Waals surface area contributed by atoms with Crippen molar-refractivity contribution in [1.82, 2.24) is 9.78 Å². The van der Waals surface area contributed by atoms with Gasteiger partial charge in [-0.1, -0.05) is 6.07 Å². The minimum absolute atomic E-state index is 0.0477. The van der Waals surface area contributed by atoms with Gasteiger partial charge in [-0.05, 0) is 25.1 Å². The summed E-state index contributed by atoms with van der Waals surface area (Å²) in [5.41, 5.74) is -0.0933. The smallest absolute Gasteiger partial charge is 0.357 e. The van der Waals surface area contributed by atoms with Crippen LogP contribution < -0.4 is 4.74 Å². The molecular weight excluding hydrogens is 320 g/mol. The average molecular weight is 332 g/mol. The second kappa shape index (κ2) is 7.12. The standard InChI is InChI=1S/C14H12F4N2O3/c1-2-22-14(21)10-7-11(23-13(18)12(16)17)19-20(10)9-5-3-4-8(15)6-9/h3-7,12-13H,2H2,1H3. The summed E-state index contributed by atoms with van der Waals surface area (Å²) in [6, 6.07) is 5.95. The van der Waals surface area contributed by atoms with Gasteiger partial charge in [-0.3, -0.25) is 0 Å². The lowest BCUT2D eigenvalue weighted by Crippen LogP contribution is -2.19. The molecule has 0 spiro atoms. The Morgan fingerprint density at radius 3 is 2.65 bits per heavy atom. The Morgan fingerprint density at radius 2 is 2.04 bits per heavy atom. The first-order chi connectivity index (χ1) is 10.9. The molecule has 0 aliphatic heterocycles. The van der Waals surface area contributed by atoms with E-state index in [9.17, 15) is 22.4 Å². The van der Waals surface area contributed by atoms with Gasteiger partial charge in [-0.25, -0.2) is 22.6 Å². The molecule has 0 N–H and O–H groups in total. The molecule has 0 saturated heterocycles. The first kappa shape index (κ1) is 16.8. The maximum atomic E-state index is 13.3. The summed E-state index contributed by atoms with van der Waals surface area (Å²) in [6.45, 7) is 1.61. The molecule has 2 aromatic rings. The van der Waals surface area contributed by atoms with Crippen LogP contribution in [0.4, 0.5) is 17.6 Å². The largest absolute Gasteiger partial charge is 0.461 e. The third-order valence-corrected chi connectivity index (χ3v) is 2.66. The quantitative estimate of drug-likeness (QED) is 0.602. The van der Waals surface area contributed by atoms with Crippen molar-refractivity contribution in [2.45, 2.75) is 19.7 Å². The van der Waals surface area contributed by atoms with Crippen LogP contribution in [-0.2, 0) is 4.74 Å². The first-order valence-corrected chi connectivity index (χ1v) is 6.54. The summed E-state index contributed by atoms with van der Waals surface area (Å²) in [4.78, 5) is 11.9. The molecule has 0 saturated carbocycles. The number of nitrogens with zero attached hydrogens (tertiary/aromatic N) is 2. The van der Waals surface area contributed by atoms with Crippen molar-refractivity contribution in [2.24, 2.45) is 0 Å². The SMILES string of the molecule is CCOC(=O)c1cc(OC(F)C(F)F)nn1-c1cccc(F)c1. The number of ether oxygens (including phenoxy) is 2. The fourth-order valence-corrected chi connectivity index (χ4v) is 1.74. The van der Waals surface area contributed by atoms with Crippen molar-refractivity contribution < 1.29 is 31.8 Å². The highest BCUT2D eigenvalue weighted by Gasteiger charge is 2.25. The molecule has 1 unspecified atom stereocenters. The van der Waals surface area contributed by atoms with E-state index in [1.807, 2.05) is 0 Å². The molecule has 124 valence electrons. The minimum Gasteiger partial charge on any atom is -0.461 e. The van der Waals surface area contributed by atoms with Gasteiger partial charge in [0, 0.05) is 6.07 Å².